The highest BCUT2D eigenvalue weighted by Crippen LogP contribution is 2.26. The maximum atomic E-state index is 5.87. The Balaban J connectivity index is 2.07. The zero-order valence-electron chi connectivity index (χ0n) is 6.89. The molecule has 0 unspecified atom stereocenters. The molecular formula is C9H9BrClNO. The first-order valence-corrected chi connectivity index (χ1v) is 5.22. The van der Waals surface area contributed by atoms with Gasteiger partial charge >= 0.3 is 0 Å². The fraction of sp³-hybridized carbons (Fsp3) is 0.333. The Kier molecular flexibility index (Phi) is 2.77. The molecule has 0 spiro atoms. The van der Waals surface area contributed by atoms with Crippen molar-refractivity contribution in [3.05, 3.63) is 27.7 Å². The topological polar surface area (TPSA) is 21.3 Å². The van der Waals surface area contributed by atoms with E-state index in [0.29, 0.717) is 6.04 Å². The van der Waals surface area contributed by atoms with Crippen LogP contribution in [0, 0.1) is 0 Å². The minimum atomic E-state index is 0.452. The highest BCUT2D eigenvalue weighted by atomic mass is 79.9. The van der Waals surface area contributed by atoms with E-state index in [1.165, 1.54) is 0 Å². The number of nitrogens with one attached hydrogen (secondary N) is 1. The molecule has 2 nitrogen and oxygen atoms in total. The number of hydrogen-bond donors (Lipinski definition) is 1. The van der Waals surface area contributed by atoms with Gasteiger partial charge in [-0.25, -0.2) is 0 Å². The van der Waals surface area contributed by atoms with Gasteiger partial charge in [-0.2, -0.15) is 0 Å². The molecule has 1 saturated heterocycles. The highest BCUT2D eigenvalue weighted by molar-refractivity contribution is 9.10. The van der Waals surface area contributed by atoms with Gasteiger partial charge in [0.2, 0.25) is 0 Å². The zero-order chi connectivity index (χ0) is 9.26. The fourth-order valence-corrected chi connectivity index (χ4v) is 1.64. The lowest BCUT2D eigenvalue weighted by Gasteiger charge is -2.27. The van der Waals surface area contributed by atoms with Gasteiger partial charge in [0.25, 0.3) is 0 Å². The quantitative estimate of drug-likeness (QED) is 0.885. The maximum Gasteiger partial charge on any atom is 0.0728 e. The summed E-state index contributed by atoms with van der Waals surface area (Å²) in [5.41, 5.74) is 1.07. The van der Waals surface area contributed by atoms with Crippen LogP contribution in [0.3, 0.4) is 0 Å². The van der Waals surface area contributed by atoms with Crippen molar-refractivity contribution in [2.24, 2.45) is 0 Å². The van der Waals surface area contributed by atoms with Crippen molar-refractivity contribution in [1.82, 2.24) is 0 Å². The van der Waals surface area contributed by atoms with E-state index in [0.717, 1.165) is 28.4 Å². The van der Waals surface area contributed by atoms with Crippen molar-refractivity contribution in [3.8, 4) is 0 Å². The summed E-state index contributed by atoms with van der Waals surface area (Å²) in [4.78, 5) is 0. The number of halogens is 2. The van der Waals surface area contributed by atoms with Crippen LogP contribution < -0.4 is 5.32 Å². The molecular weight excluding hydrogens is 253 g/mol. The Morgan fingerprint density at radius 1 is 1.46 bits per heavy atom. The Morgan fingerprint density at radius 3 is 2.77 bits per heavy atom. The number of rotatable bonds is 2. The van der Waals surface area contributed by atoms with Crippen LogP contribution in [0.5, 0.6) is 0 Å². The Morgan fingerprint density at radius 2 is 2.23 bits per heavy atom. The normalized spacial score (nSPS) is 16.8. The fourth-order valence-electron chi connectivity index (χ4n) is 1.14. The van der Waals surface area contributed by atoms with Crippen molar-refractivity contribution in [2.75, 3.05) is 18.5 Å². The lowest BCUT2D eigenvalue weighted by Crippen LogP contribution is -2.40. The van der Waals surface area contributed by atoms with Crippen molar-refractivity contribution in [2.45, 2.75) is 6.04 Å². The van der Waals surface area contributed by atoms with E-state index in [2.05, 4.69) is 21.2 Å². The Hall–Kier alpha value is -0.250. The average molecular weight is 263 g/mol. The molecule has 0 amide bonds. The van der Waals surface area contributed by atoms with Gasteiger partial charge in [0.15, 0.2) is 0 Å². The monoisotopic (exact) mass is 261 g/mol. The van der Waals surface area contributed by atoms with Crippen LogP contribution in [0.2, 0.25) is 5.02 Å². The van der Waals surface area contributed by atoms with Gasteiger partial charge in [-0.15, -0.1) is 0 Å². The number of ether oxygens (including phenoxy) is 1. The first-order valence-electron chi connectivity index (χ1n) is 4.05. The molecule has 0 atom stereocenters. The summed E-state index contributed by atoms with van der Waals surface area (Å²) in [5, 5.41) is 4.06. The van der Waals surface area contributed by atoms with E-state index < -0.39 is 0 Å². The van der Waals surface area contributed by atoms with Gasteiger partial charge in [-0.3, -0.25) is 0 Å². The lowest BCUT2D eigenvalue weighted by atomic mass is 10.2. The first-order chi connectivity index (χ1) is 6.25. The van der Waals surface area contributed by atoms with Crippen LogP contribution in [0.1, 0.15) is 0 Å². The Labute approximate surface area is 90.4 Å². The second-order valence-corrected chi connectivity index (χ2v) is 4.27. The van der Waals surface area contributed by atoms with E-state index in [1.54, 1.807) is 0 Å². The molecule has 0 saturated carbocycles. The van der Waals surface area contributed by atoms with Gasteiger partial charge in [0.1, 0.15) is 0 Å². The second-order valence-electron chi connectivity index (χ2n) is 3.01. The summed E-state index contributed by atoms with van der Waals surface area (Å²) < 4.78 is 5.98. The van der Waals surface area contributed by atoms with Crippen molar-refractivity contribution in [3.63, 3.8) is 0 Å². The van der Waals surface area contributed by atoms with E-state index in [1.807, 2.05) is 18.2 Å². The van der Waals surface area contributed by atoms with Crippen LogP contribution in [0.25, 0.3) is 0 Å². The first kappa shape index (κ1) is 9.31. The summed E-state index contributed by atoms with van der Waals surface area (Å²) in [6.07, 6.45) is 0. The molecule has 1 aliphatic rings. The molecule has 1 aromatic carbocycles. The molecule has 0 aliphatic carbocycles. The van der Waals surface area contributed by atoms with Gasteiger partial charge in [-0.1, -0.05) is 11.6 Å². The minimum absolute atomic E-state index is 0.452. The molecule has 1 heterocycles. The average Bonchev–Trinajstić information content (AvgIpc) is 2.04. The van der Waals surface area contributed by atoms with Crippen molar-refractivity contribution < 1.29 is 4.74 Å². The molecule has 2 rings (SSSR count). The molecule has 1 aromatic rings. The van der Waals surface area contributed by atoms with E-state index in [-0.39, 0.29) is 0 Å². The predicted octanol–water partition coefficient (Wildman–Crippen LogP) is 2.91. The summed E-state index contributed by atoms with van der Waals surface area (Å²) in [7, 11) is 0. The molecule has 0 bridgehead atoms. The summed E-state index contributed by atoms with van der Waals surface area (Å²) in [6, 6.07) is 6.26. The standard InChI is InChI=1S/C9H9BrClNO/c10-8-3-6(1-2-9(8)11)12-7-4-13-5-7/h1-3,7,12H,4-5H2. The summed E-state index contributed by atoms with van der Waals surface area (Å²) in [6.45, 7) is 1.58. The second kappa shape index (κ2) is 3.86. The van der Waals surface area contributed by atoms with Gasteiger partial charge in [-0.05, 0) is 34.1 Å². The molecule has 1 fully saturated rings. The molecule has 13 heavy (non-hydrogen) atoms. The van der Waals surface area contributed by atoms with Crippen LogP contribution in [0.4, 0.5) is 5.69 Å². The van der Waals surface area contributed by atoms with Gasteiger partial charge in [0.05, 0.1) is 24.3 Å². The predicted molar refractivity (Wildman–Crippen MR) is 57.4 cm³/mol. The minimum Gasteiger partial charge on any atom is -0.378 e. The van der Waals surface area contributed by atoms with Crippen LogP contribution >= 0.6 is 27.5 Å². The van der Waals surface area contributed by atoms with Crippen LogP contribution in [0.15, 0.2) is 22.7 Å². The highest BCUT2D eigenvalue weighted by Gasteiger charge is 2.17. The number of anilines is 1. The molecule has 1 N–H and O–H groups in total. The van der Waals surface area contributed by atoms with E-state index in [4.69, 9.17) is 16.3 Å². The third-order valence-electron chi connectivity index (χ3n) is 1.93. The van der Waals surface area contributed by atoms with Gasteiger partial charge in [0, 0.05) is 10.2 Å². The number of hydrogen-bond acceptors (Lipinski definition) is 2. The largest absolute Gasteiger partial charge is 0.378 e. The Bertz CT molecular complexity index is 314. The van der Waals surface area contributed by atoms with Crippen LogP contribution in [-0.4, -0.2) is 19.3 Å². The molecule has 4 heteroatoms. The third-order valence-corrected chi connectivity index (χ3v) is 3.14. The van der Waals surface area contributed by atoms with Crippen molar-refractivity contribution >= 4 is 33.2 Å². The molecule has 70 valence electrons. The molecule has 1 aliphatic heterocycles. The van der Waals surface area contributed by atoms with Crippen LogP contribution in [-0.2, 0) is 4.74 Å². The van der Waals surface area contributed by atoms with E-state index >= 15 is 0 Å². The SMILES string of the molecule is Clc1ccc(NC2COC2)cc1Br. The summed E-state index contributed by atoms with van der Waals surface area (Å²) >= 11 is 9.24. The molecule has 0 radical (unpaired) electrons. The zero-order valence-corrected chi connectivity index (χ0v) is 9.23. The smallest absolute Gasteiger partial charge is 0.0728 e. The van der Waals surface area contributed by atoms with Gasteiger partial charge < -0.3 is 10.1 Å². The van der Waals surface area contributed by atoms with E-state index in [9.17, 15) is 0 Å². The molecule has 0 aromatic heterocycles. The lowest BCUT2D eigenvalue weighted by molar-refractivity contribution is 0.0211. The maximum absolute atomic E-state index is 5.87. The third kappa shape index (κ3) is 2.16. The summed E-state index contributed by atoms with van der Waals surface area (Å²) in [5.74, 6) is 0. The number of benzene rings is 1. The van der Waals surface area contributed by atoms with Crippen molar-refractivity contribution in [1.29, 1.82) is 0 Å².